The summed E-state index contributed by atoms with van der Waals surface area (Å²) in [6.07, 6.45) is 3.93. The van der Waals surface area contributed by atoms with Gasteiger partial charge in [-0.3, -0.25) is 0 Å². The van der Waals surface area contributed by atoms with E-state index in [0.29, 0.717) is 28.9 Å². The Hall–Kier alpha value is -3.92. The first kappa shape index (κ1) is 25.2. The van der Waals surface area contributed by atoms with Crippen molar-refractivity contribution < 1.29 is 27.7 Å². The molecule has 0 fully saturated rings. The van der Waals surface area contributed by atoms with Crippen LogP contribution in [0.1, 0.15) is 17.5 Å². The van der Waals surface area contributed by atoms with Crippen LogP contribution in [0.3, 0.4) is 0 Å². The van der Waals surface area contributed by atoms with E-state index in [2.05, 4.69) is 22.0 Å². The van der Waals surface area contributed by atoms with Crippen LogP contribution < -0.4 is 14.8 Å². The van der Waals surface area contributed by atoms with Gasteiger partial charge in [-0.1, -0.05) is 24.8 Å². The second-order valence-electron chi connectivity index (χ2n) is 8.05. The molecule has 10 heteroatoms. The Bertz CT molecular complexity index is 1300. The third kappa shape index (κ3) is 5.03. The molecule has 2 aromatic heterocycles. The number of halogens is 2. The average molecular weight is 499 g/mol. The van der Waals surface area contributed by atoms with Gasteiger partial charge in [0.15, 0.2) is 17.3 Å². The number of methoxy groups -OCH3 is 3. The summed E-state index contributed by atoms with van der Waals surface area (Å²) in [7, 11) is 4.32. The molecule has 190 valence electrons. The van der Waals surface area contributed by atoms with Gasteiger partial charge in [0.2, 0.25) is 0 Å². The Morgan fingerprint density at radius 2 is 1.92 bits per heavy atom. The number of benzene rings is 1. The summed E-state index contributed by atoms with van der Waals surface area (Å²) in [5.41, 5.74) is 1.92. The zero-order valence-electron chi connectivity index (χ0n) is 20.4. The highest BCUT2D eigenvalue weighted by atomic mass is 19.1. The lowest BCUT2D eigenvalue weighted by atomic mass is 10.0. The molecule has 0 saturated carbocycles. The summed E-state index contributed by atoms with van der Waals surface area (Å²) in [6, 6.07) is 7.67. The number of nitrogens with zero attached hydrogens (tertiary/aromatic N) is 3. The van der Waals surface area contributed by atoms with Crippen molar-refractivity contribution in [3.63, 3.8) is 0 Å². The number of pyridine rings is 1. The van der Waals surface area contributed by atoms with E-state index >= 15 is 0 Å². The molecule has 3 aromatic rings. The van der Waals surface area contributed by atoms with Gasteiger partial charge in [0.05, 0.1) is 32.3 Å². The summed E-state index contributed by atoms with van der Waals surface area (Å²) >= 11 is 0. The first-order chi connectivity index (χ1) is 17.5. The number of nitrogens with one attached hydrogen (secondary N) is 1. The molecule has 0 bridgehead atoms. The summed E-state index contributed by atoms with van der Waals surface area (Å²) in [6.45, 7) is 4.48. The largest absolute Gasteiger partial charge is 0.498 e. The molecule has 0 aliphatic heterocycles. The minimum absolute atomic E-state index is 0.0160. The van der Waals surface area contributed by atoms with E-state index in [-0.39, 0.29) is 31.0 Å². The van der Waals surface area contributed by atoms with E-state index in [1.165, 1.54) is 14.2 Å². The van der Waals surface area contributed by atoms with Gasteiger partial charge >= 0.3 is 0 Å². The van der Waals surface area contributed by atoms with E-state index in [4.69, 9.17) is 18.9 Å². The molecule has 8 nitrogen and oxygen atoms in total. The summed E-state index contributed by atoms with van der Waals surface area (Å²) < 4.78 is 52.9. The van der Waals surface area contributed by atoms with Crippen molar-refractivity contribution in [2.45, 2.75) is 25.6 Å². The maximum atomic E-state index is 14.9. The minimum atomic E-state index is -0.935. The van der Waals surface area contributed by atoms with Crippen LogP contribution in [-0.4, -0.2) is 48.8 Å². The second kappa shape index (κ2) is 11.2. The third-order valence-corrected chi connectivity index (χ3v) is 5.87. The predicted molar refractivity (Wildman–Crippen MR) is 131 cm³/mol. The van der Waals surface area contributed by atoms with Crippen LogP contribution in [0.15, 0.2) is 72.4 Å². The van der Waals surface area contributed by atoms with Crippen LogP contribution in [-0.2, 0) is 22.6 Å². The van der Waals surface area contributed by atoms with Gasteiger partial charge in [-0.15, -0.1) is 0 Å². The number of aromatic nitrogens is 3. The standard InChI is InChI=1S/C26H28F2N4O4/c1-5-10-36-25-17(12-29-24-22(27)20(34-3)11-21(35-4)23(24)28)13-30-26-19(25)14-31-32(26)15-16-6-8-18(33-2)9-7-16/h5-9,13-14,20,29H,1,10-12,15H2,2-4H3. The number of fused-ring (bicyclic) bond motifs is 1. The fourth-order valence-electron chi connectivity index (χ4n) is 3.96. The molecule has 1 aliphatic carbocycles. The molecule has 0 saturated heterocycles. The number of allylic oxidation sites excluding steroid dienone is 1. The van der Waals surface area contributed by atoms with E-state index < -0.39 is 17.8 Å². The summed E-state index contributed by atoms with van der Waals surface area (Å²) in [4.78, 5) is 4.57. The fraction of sp³-hybridized carbons (Fsp3) is 0.308. The van der Waals surface area contributed by atoms with Gasteiger partial charge in [0.25, 0.3) is 0 Å². The topological polar surface area (TPSA) is 79.7 Å². The zero-order chi connectivity index (χ0) is 25.7. The van der Waals surface area contributed by atoms with Crippen LogP contribution in [0.2, 0.25) is 0 Å². The lowest BCUT2D eigenvalue weighted by Crippen LogP contribution is -2.26. The third-order valence-electron chi connectivity index (χ3n) is 5.87. The molecule has 1 atom stereocenters. The predicted octanol–water partition coefficient (Wildman–Crippen LogP) is 4.57. The molecule has 1 N–H and O–H groups in total. The SMILES string of the molecule is C=CCOc1c(CNC2=C(F)C(OC)CC(OC)=C2F)cnc2c1cnn2Cc1ccc(OC)cc1. The molecule has 1 aromatic carbocycles. The van der Waals surface area contributed by atoms with E-state index in [1.54, 1.807) is 30.3 Å². The normalized spacial score (nSPS) is 15.9. The Labute approximate surface area is 207 Å². The van der Waals surface area contributed by atoms with Gasteiger partial charge in [-0.2, -0.15) is 5.10 Å². The quantitative estimate of drug-likeness (QED) is 0.388. The van der Waals surface area contributed by atoms with Crippen molar-refractivity contribution in [1.82, 2.24) is 20.1 Å². The molecular formula is C26H28F2N4O4. The van der Waals surface area contributed by atoms with Crippen molar-refractivity contribution >= 4 is 11.0 Å². The number of rotatable bonds is 11. The van der Waals surface area contributed by atoms with Crippen LogP contribution >= 0.6 is 0 Å². The monoisotopic (exact) mass is 498 g/mol. The van der Waals surface area contributed by atoms with Gasteiger partial charge in [-0.05, 0) is 17.7 Å². The number of hydrogen-bond acceptors (Lipinski definition) is 7. The van der Waals surface area contributed by atoms with Crippen LogP contribution in [0.5, 0.6) is 11.5 Å². The smallest absolute Gasteiger partial charge is 0.186 e. The molecule has 1 aliphatic rings. The average Bonchev–Trinajstić information content (AvgIpc) is 3.31. The first-order valence-electron chi connectivity index (χ1n) is 11.3. The van der Waals surface area contributed by atoms with Crippen molar-refractivity contribution in [3.8, 4) is 11.5 Å². The maximum Gasteiger partial charge on any atom is 0.186 e. The molecule has 2 heterocycles. The zero-order valence-corrected chi connectivity index (χ0v) is 20.4. The Balaban J connectivity index is 1.64. The van der Waals surface area contributed by atoms with Crippen LogP contribution in [0.4, 0.5) is 8.78 Å². The number of ether oxygens (including phenoxy) is 4. The molecule has 1 unspecified atom stereocenters. The van der Waals surface area contributed by atoms with Crippen molar-refractivity contribution in [2.24, 2.45) is 0 Å². The molecule has 36 heavy (non-hydrogen) atoms. The van der Waals surface area contributed by atoms with Gasteiger partial charge < -0.3 is 24.3 Å². The van der Waals surface area contributed by atoms with E-state index in [1.807, 2.05) is 24.3 Å². The molecule has 4 rings (SSSR count). The number of hydrogen-bond donors (Lipinski definition) is 1. The lowest BCUT2D eigenvalue weighted by Gasteiger charge is -2.24. The Kier molecular flexibility index (Phi) is 7.84. The second-order valence-corrected chi connectivity index (χ2v) is 8.05. The van der Waals surface area contributed by atoms with Crippen molar-refractivity contribution in [2.75, 3.05) is 27.9 Å². The van der Waals surface area contributed by atoms with Gasteiger partial charge in [0, 0.05) is 31.8 Å². The Morgan fingerprint density at radius 1 is 1.14 bits per heavy atom. The fourth-order valence-corrected chi connectivity index (χ4v) is 3.96. The highest BCUT2D eigenvalue weighted by molar-refractivity contribution is 5.83. The maximum absolute atomic E-state index is 14.9. The Morgan fingerprint density at radius 3 is 2.58 bits per heavy atom. The van der Waals surface area contributed by atoms with Crippen LogP contribution in [0, 0.1) is 0 Å². The van der Waals surface area contributed by atoms with Crippen molar-refractivity contribution in [3.05, 3.63) is 83.6 Å². The lowest BCUT2D eigenvalue weighted by molar-refractivity contribution is 0.0882. The van der Waals surface area contributed by atoms with Crippen molar-refractivity contribution in [1.29, 1.82) is 0 Å². The minimum Gasteiger partial charge on any atom is -0.498 e. The van der Waals surface area contributed by atoms with E-state index in [9.17, 15) is 8.78 Å². The molecule has 0 spiro atoms. The molecule has 0 radical (unpaired) electrons. The van der Waals surface area contributed by atoms with Gasteiger partial charge in [-0.25, -0.2) is 18.4 Å². The molecule has 0 amide bonds. The highest BCUT2D eigenvalue weighted by Crippen LogP contribution is 2.34. The summed E-state index contributed by atoms with van der Waals surface area (Å²) in [5, 5.41) is 7.99. The van der Waals surface area contributed by atoms with Crippen LogP contribution in [0.25, 0.3) is 11.0 Å². The highest BCUT2D eigenvalue weighted by Gasteiger charge is 2.31. The first-order valence-corrected chi connectivity index (χ1v) is 11.3. The van der Waals surface area contributed by atoms with E-state index in [0.717, 1.165) is 11.3 Å². The molecular weight excluding hydrogens is 470 g/mol. The summed E-state index contributed by atoms with van der Waals surface area (Å²) in [5.74, 6) is -0.235. The van der Waals surface area contributed by atoms with Gasteiger partial charge in [0.1, 0.15) is 35.7 Å².